The summed E-state index contributed by atoms with van der Waals surface area (Å²) in [6, 6.07) is 26.8. The van der Waals surface area contributed by atoms with E-state index in [-0.39, 0.29) is 24.4 Å². The molecule has 0 fully saturated rings. The zero-order valence-corrected chi connectivity index (χ0v) is 19.9. The predicted molar refractivity (Wildman–Crippen MR) is 139 cm³/mol. The SMILES string of the molecule is COc1ccc([C@@H]2CC(=O)C3=C(C2)Nc2ccc4ccccc4c2[C@H]3c2ccc3c(c2)OCO3)cc1. The number of fused-ring (bicyclic) bond motifs is 4. The van der Waals surface area contributed by atoms with Gasteiger partial charge in [0.1, 0.15) is 5.75 Å². The molecular formula is C31H25NO4. The topological polar surface area (TPSA) is 56.8 Å². The molecule has 2 aliphatic heterocycles. The number of carbonyl (C=O) groups is 1. The first-order valence-electron chi connectivity index (χ1n) is 12.3. The van der Waals surface area contributed by atoms with Crippen molar-refractivity contribution in [3.05, 3.63) is 107 Å². The van der Waals surface area contributed by atoms with E-state index < -0.39 is 0 Å². The van der Waals surface area contributed by atoms with E-state index in [9.17, 15) is 4.79 Å². The molecule has 0 spiro atoms. The van der Waals surface area contributed by atoms with E-state index in [1.54, 1.807) is 7.11 Å². The second-order valence-corrected chi connectivity index (χ2v) is 9.61. The highest BCUT2D eigenvalue weighted by Crippen LogP contribution is 2.51. The zero-order chi connectivity index (χ0) is 24.2. The highest BCUT2D eigenvalue weighted by molar-refractivity contribution is 6.04. The smallest absolute Gasteiger partial charge is 0.231 e. The Balaban J connectivity index is 1.39. The molecule has 4 aromatic rings. The lowest BCUT2D eigenvalue weighted by Gasteiger charge is -2.37. The second-order valence-electron chi connectivity index (χ2n) is 9.61. The molecule has 0 amide bonds. The summed E-state index contributed by atoms with van der Waals surface area (Å²) >= 11 is 0. The van der Waals surface area contributed by atoms with Crippen LogP contribution in [0.5, 0.6) is 17.2 Å². The van der Waals surface area contributed by atoms with Crippen molar-refractivity contribution in [2.45, 2.75) is 24.7 Å². The molecule has 7 rings (SSSR count). The number of hydrogen-bond donors (Lipinski definition) is 1. The van der Waals surface area contributed by atoms with Gasteiger partial charge in [0.15, 0.2) is 17.3 Å². The van der Waals surface area contributed by atoms with E-state index in [0.29, 0.717) is 6.42 Å². The van der Waals surface area contributed by atoms with E-state index in [0.717, 1.165) is 68.1 Å². The number of rotatable bonds is 3. The highest BCUT2D eigenvalue weighted by atomic mass is 16.7. The van der Waals surface area contributed by atoms with Crippen LogP contribution in [-0.2, 0) is 4.79 Å². The van der Waals surface area contributed by atoms with Crippen molar-refractivity contribution in [1.29, 1.82) is 0 Å². The molecule has 5 heteroatoms. The summed E-state index contributed by atoms with van der Waals surface area (Å²) in [5, 5.41) is 5.99. The number of ketones is 1. The minimum Gasteiger partial charge on any atom is -0.497 e. The van der Waals surface area contributed by atoms with Crippen molar-refractivity contribution < 1.29 is 19.0 Å². The molecule has 1 N–H and O–H groups in total. The van der Waals surface area contributed by atoms with E-state index in [2.05, 4.69) is 59.9 Å². The maximum Gasteiger partial charge on any atom is 0.231 e. The summed E-state index contributed by atoms with van der Waals surface area (Å²) in [4.78, 5) is 13.9. The van der Waals surface area contributed by atoms with Crippen LogP contribution >= 0.6 is 0 Å². The average Bonchev–Trinajstić information content (AvgIpc) is 3.40. The summed E-state index contributed by atoms with van der Waals surface area (Å²) in [5.74, 6) is 2.42. The van der Waals surface area contributed by atoms with Crippen molar-refractivity contribution in [1.82, 2.24) is 0 Å². The van der Waals surface area contributed by atoms with E-state index in [4.69, 9.17) is 14.2 Å². The molecule has 4 aromatic carbocycles. The standard InChI is InChI=1S/C31H25NO4/c1-34-22-10-6-18(7-11-22)21-14-25-31(26(33)15-21)29(20-9-13-27-28(16-20)36-17-35-27)30-23-5-3-2-4-19(23)8-12-24(30)32-25/h2-13,16,21,29,32H,14-15,17H2,1H3/t21-,29+/m0/s1. The maximum atomic E-state index is 13.9. The van der Waals surface area contributed by atoms with Gasteiger partial charge in [-0.2, -0.15) is 0 Å². The van der Waals surface area contributed by atoms with Crippen LogP contribution in [-0.4, -0.2) is 19.7 Å². The molecule has 0 saturated heterocycles. The van der Waals surface area contributed by atoms with Crippen molar-refractivity contribution in [3.63, 3.8) is 0 Å². The Labute approximate surface area is 209 Å². The van der Waals surface area contributed by atoms with Crippen molar-refractivity contribution in [3.8, 4) is 17.2 Å². The van der Waals surface area contributed by atoms with E-state index in [1.165, 1.54) is 0 Å². The number of Topliss-reactive ketones (excluding diaryl/α,β-unsaturated/α-hetero) is 1. The number of hydrogen-bond acceptors (Lipinski definition) is 5. The van der Waals surface area contributed by atoms with Gasteiger partial charge < -0.3 is 19.5 Å². The molecule has 0 saturated carbocycles. The van der Waals surface area contributed by atoms with Gasteiger partial charge in [-0.1, -0.05) is 48.5 Å². The first-order valence-corrected chi connectivity index (χ1v) is 12.3. The third-order valence-electron chi connectivity index (χ3n) is 7.66. The van der Waals surface area contributed by atoms with Gasteiger partial charge in [-0.25, -0.2) is 0 Å². The van der Waals surface area contributed by atoms with Gasteiger partial charge in [0, 0.05) is 29.3 Å². The fraction of sp³-hybridized carbons (Fsp3) is 0.194. The van der Waals surface area contributed by atoms with Gasteiger partial charge in [-0.3, -0.25) is 4.79 Å². The van der Waals surface area contributed by atoms with Gasteiger partial charge in [-0.15, -0.1) is 0 Å². The van der Waals surface area contributed by atoms with Crippen LogP contribution in [0, 0.1) is 0 Å². The van der Waals surface area contributed by atoms with Crippen LogP contribution < -0.4 is 19.5 Å². The van der Waals surface area contributed by atoms with Crippen LogP contribution in [0.2, 0.25) is 0 Å². The lowest BCUT2D eigenvalue weighted by molar-refractivity contribution is -0.116. The van der Waals surface area contributed by atoms with Gasteiger partial charge >= 0.3 is 0 Å². The van der Waals surface area contributed by atoms with Crippen LogP contribution in [0.1, 0.15) is 41.4 Å². The number of benzene rings is 4. The van der Waals surface area contributed by atoms with E-state index in [1.807, 2.05) is 24.3 Å². The molecule has 2 atom stereocenters. The Morgan fingerprint density at radius 3 is 2.53 bits per heavy atom. The minimum atomic E-state index is -0.179. The summed E-state index contributed by atoms with van der Waals surface area (Å²) in [7, 11) is 1.67. The summed E-state index contributed by atoms with van der Waals surface area (Å²) in [6.45, 7) is 0.223. The zero-order valence-electron chi connectivity index (χ0n) is 19.9. The Kier molecular flexibility index (Phi) is 4.78. The molecule has 0 bridgehead atoms. The third kappa shape index (κ3) is 3.27. The molecule has 0 radical (unpaired) electrons. The highest BCUT2D eigenvalue weighted by Gasteiger charge is 2.39. The summed E-state index contributed by atoms with van der Waals surface area (Å²) < 4.78 is 16.6. The fourth-order valence-corrected chi connectivity index (χ4v) is 5.94. The van der Waals surface area contributed by atoms with Crippen molar-refractivity contribution >= 4 is 22.2 Å². The molecule has 1 aliphatic carbocycles. The van der Waals surface area contributed by atoms with E-state index >= 15 is 0 Å². The molecular weight excluding hydrogens is 450 g/mol. The second kappa shape index (κ2) is 8.16. The first kappa shape index (κ1) is 21.1. The lowest BCUT2D eigenvalue weighted by atomic mass is 9.71. The Hall–Kier alpha value is -4.25. The minimum absolute atomic E-state index is 0.120. The Bertz CT molecular complexity index is 1550. The Morgan fingerprint density at radius 1 is 0.861 bits per heavy atom. The predicted octanol–water partition coefficient (Wildman–Crippen LogP) is 6.54. The number of carbonyl (C=O) groups excluding carboxylic acids is 1. The maximum absolute atomic E-state index is 13.9. The molecule has 36 heavy (non-hydrogen) atoms. The van der Waals surface area contributed by atoms with Crippen LogP contribution in [0.4, 0.5) is 5.69 Å². The molecule has 0 unspecified atom stereocenters. The largest absolute Gasteiger partial charge is 0.497 e. The monoisotopic (exact) mass is 475 g/mol. The number of nitrogens with one attached hydrogen (secondary N) is 1. The lowest BCUT2D eigenvalue weighted by Crippen LogP contribution is -2.30. The molecule has 5 nitrogen and oxygen atoms in total. The average molecular weight is 476 g/mol. The van der Waals surface area contributed by atoms with Gasteiger partial charge in [-0.05, 0) is 70.1 Å². The van der Waals surface area contributed by atoms with Crippen LogP contribution in [0.15, 0.2) is 90.1 Å². The quantitative estimate of drug-likeness (QED) is 0.365. The number of allylic oxidation sites excluding steroid dienone is 2. The number of methoxy groups -OCH3 is 1. The number of ether oxygens (including phenoxy) is 3. The van der Waals surface area contributed by atoms with Crippen LogP contribution in [0.25, 0.3) is 10.8 Å². The summed E-state index contributed by atoms with van der Waals surface area (Å²) in [5.41, 5.74) is 6.27. The summed E-state index contributed by atoms with van der Waals surface area (Å²) in [6.07, 6.45) is 1.26. The normalized spacial score (nSPS) is 20.1. The van der Waals surface area contributed by atoms with Gasteiger partial charge in [0.25, 0.3) is 0 Å². The van der Waals surface area contributed by atoms with Crippen molar-refractivity contribution in [2.75, 3.05) is 19.2 Å². The number of anilines is 1. The fourth-order valence-electron chi connectivity index (χ4n) is 5.94. The molecule has 2 heterocycles. The van der Waals surface area contributed by atoms with Crippen LogP contribution in [0.3, 0.4) is 0 Å². The molecule has 3 aliphatic rings. The van der Waals surface area contributed by atoms with Gasteiger partial charge in [0.05, 0.1) is 7.11 Å². The molecule has 0 aromatic heterocycles. The van der Waals surface area contributed by atoms with Gasteiger partial charge in [0.2, 0.25) is 6.79 Å². The Morgan fingerprint density at radius 2 is 1.67 bits per heavy atom. The third-order valence-corrected chi connectivity index (χ3v) is 7.66. The molecule has 178 valence electrons. The first-order chi connectivity index (χ1) is 17.7. The van der Waals surface area contributed by atoms with Crippen molar-refractivity contribution in [2.24, 2.45) is 0 Å².